The SMILES string of the molecule is Cc1ccc(NC(=O)CSCC(=O)NC2CCCC2C)cc1. The number of benzene rings is 1. The summed E-state index contributed by atoms with van der Waals surface area (Å²) in [4.78, 5) is 23.7. The number of aryl methyl sites for hydroxylation is 1. The summed E-state index contributed by atoms with van der Waals surface area (Å²) in [7, 11) is 0. The zero-order valence-electron chi connectivity index (χ0n) is 13.2. The average Bonchev–Trinajstić information content (AvgIpc) is 2.87. The number of carbonyl (C=O) groups excluding carboxylic acids is 2. The van der Waals surface area contributed by atoms with E-state index in [4.69, 9.17) is 0 Å². The molecule has 0 spiro atoms. The monoisotopic (exact) mass is 320 g/mol. The van der Waals surface area contributed by atoms with Gasteiger partial charge < -0.3 is 10.6 Å². The number of hydrogen-bond acceptors (Lipinski definition) is 3. The van der Waals surface area contributed by atoms with E-state index in [2.05, 4.69) is 17.6 Å². The molecule has 0 bridgehead atoms. The maximum Gasteiger partial charge on any atom is 0.234 e. The predicted octanol–water partition coefficient (Wildman–Crippen LogP) is 2.97. The fraction of sp³-hybridized carbons (Fsp3) is 0.529. The van der Waals surface area contributed by atoms with Gasteiger partial charge in [0.1, 0.15) is 0 Å². The van der Waals surface area contributed by atoms with E-state index in [1.807, 2.05) is 31.2 Å². The van der Waals surface area contributed by atoms with Crippen molar-refractivity contribution in [2.24, 2.45) is 5.92 Å². The molecular formula is C17H24N2O2S. The molecule has 2 unspecified atom stereocenters. The molecule has 5 heteroatoms. The minimum Gasteiger partial charge on any atom is -0.352 e. The van der Waals surface area contributed by atoms with Crippen LogP contribution < -0.4 is 10.6 Å². The van der Waals surface area contributed by atoms with Crippen molar-refractivity contribution >= 4 is 29.3 Å². The van der Waals surface area contributed by atoms with Crippen molar-refractivity contribution in [1.29, 1.82) is 0 Å². The van der Waals surface area contributed by atoms with Crippen LogP contribution in [0.25, 0.3) is 0 Å². The van der Waals surface area contributed by atoms with Gasteiger partial charge in [-0.25, -0.2) is 0 Å². The van der Waals surface area contributed by atoms with Crippen LogP contribution in [0, 0.1) is 12.8 Å². The van der Waals surface area contributed by atoms with Gasteiger partial charge in [-0.05, 0) is 37.8 Å². The molecule has 0 saturated heterocycles. The second-order valence-corrected chi connectivity index (χ2v) is 6.97. The van der Waals surface area contributed by atoms with Crippen LogP contribution in [0.2, 0.25) is 0 Å². The van der Waals surface area contributed by atoms with Crippen molar-refractivity contribution in [3.05, 3.63) is 29.8 Å². The number of anilines is 1. The van der Waals surface area contributed by atoms with Crippen molar-refractivity contribution in [2.45, 2.75) is 39.2 Å². The minimum absolute atomic E-state index is 0.0342. The molecule has 0 aliphatic heterocycles. The van der Waals surface area contributed by atoms with Crippen molar-refractivity contribution in [3.8, 4) is 0 Å². The van der Waals surface area contributed by atoms with Gasteiger partial charge in [0, 0.05) is 11.7 Å². The molecule has 22 heavy (non-hydrogen) atoms. The standard InChI is InChI=1S/C17H24N2O2S/c1-12-6-8-14(9-7-12)18-16(20)10-22-11-17(21)19-15-5-3-4-13(15)2/h6-9,13,15H,3-5,10-11H2,1-2H3,(H,18,20)(H,19,21). The average molecular weight is 320 g/mol. The van der Waals surface area contributed by atoms with Gasteiger partial charge in [-0.3, -0.25) is 9.59 Å². The summed E-state index contributed by atoms with van der Waals surface area (Å²) in [5.74, 6) is 1.16. The second-order valence-electron chi connectivity index (χ2n) is 5.99. The van der Waals surface area contributed by atoms with E-state index in [-0.39, 0.29) is 11.8 Å². The number of rotatable bonds is 6. The fourth-order valence-corrected chi connectivity index (χ4v) is 3.31. The third kappa shape index (κ3) is 5.37. The molecule has 0 heterocycles. The highest BCUT2D eigenvalue weighted by molar-refractivity contribution is 8.00. The molecule has 2 rings (SSSR count). The van der Waals surface area contributed by atoms with Crippen LogP contribution in [0.15, 0.2) is 24.3 Å². The Bertz CT molecular complexity index is 516. The summed E-state index contributed by atoms with van der Waals surface area (Å²) in [6.07, 6.45) is 3.46. The molecule has 0 aromatic heterocycles. The third-order valence-corrected chi connectivity index (χ3v) is 4.94. The lowest BCUT2D eigenvalue weighted by Crippen LogP contribution is -2.37. The molecule has 1 aromatic carbocycles. The van der Waals surface area contributed by atoms with E-state index in [0.717, 1.165) is 17.7 Å². The molecule has 120 valence electrons. The number of amides is 2. The first-order valence-corrected chi connectivity index (χ1v) is 8.93. The topological polar surface area (TPSA) is 58.2 Å². The van der Waals surface area contributed by atoms with Gasteiger partial charge in [-0.2, -0.15) is 0 Å². The third-order valence-electron chi connectivity index (χ3n) is 4.01. The first-order valence-electron chi connectivity index (χ1n) is 7.78. The molecule has 2 atom stereocenters. The zero-order valence-corrected chi connectivity index (χ0v) is 14.0. The maximum atomic E-state index is 11.9. The fourth-order valence-electron chi connectivity index (χ4n) is 2.68. The van der Waals surface area contributed by atoms with Gasteiger partial charge in [0.15, 0.2) is 0 Å². The molecule has 2 amide bonds. The van der Waals surface area contributed by atoms with Crippen molar-refractivity contribution in [3.63, 3.8) is 0 Å². The van der Waals surface area contributed by atoms with Crippen molar-refractivity contribution in [2.75, 3.05) is 16.8 Å². The van der Waals surface area contributed by atoms with Gasteiger partial charge in [0.25, 0.3) is 0 Å². The van der Waals surface area contributed by atoms with Gasteiger partial charge in [-0.15, -0.1) is 11.8 Å². The lowest BCUT2D eigenvalue weighted by molar-refractivity contribution is -0.119. The van der Waals surface area contributed by atoms with E-state index in [1.54, 1.807) is 0 Å². The summed E-state index contributed by atoms with van der Waals surface area (Å²) in [6, 6.07) is 7.99. The minimum atomic E-state index is -0.0733. The van der Waals surface area contributed by atoms with Gasteiger partial charge in [-0.1, -0.05) is 31.0 Å². The van der Waals surface area contributed by atoms with E-state index >= 15 is 0 Å². The Morgan fingerprint density at radius 1 is 1.14 bits per heavy atom. The number of thioether (sulfide) groups is 1. The van der Waals surface area contributed by atoms with Crippen LogP contribution in [0.5, 0.6) is 0 Å². The number of carbonyl (C=O) groups is 2. The maximum absolute atomic E-state index is 11.9. The normalized spacial score (nSPS) is 20.6. The molecule has 1 saturated carbocycles. The highest BCUT2D eigenvalue weighted by atomic mass is 32.2. The first kappa shape index (κ1) is 16.9. The Kier molecular flexibility index (Phi) is 6.31. The van der Waals surface area contributed by atoms with Gasteiger partial charge in [0.05, 0.1) is 11.5 Å². The molecule has 1 aliphatic rings. The summed E-state index contributed by atoms with van der Waals surface area (Å²) < 4.78 is 0. The Hall–Kier alpha value is -1.49. The van der Waals surface area contributed by atoms with E-state index < -0.39 is 0 Å². The molecule has 1 aromatic rings. The lowest BCUT2D eigenvalue weighted by Gasteiger charge is -2.16. The highest BCUT2D eigenvalue weighted by Gasteiger charge is 2.24. The summed E-state index contributed by atoms with van der Waals surface area (Å²) in [5.41, 5.74) is 1.95. The van der Waals surface area contributed by atoms with E-state index in [9.17, 15) is 9.59 Å². The quantitative estimate of drug-likeness (QED) is 0.847. The van der Waals surface area contributed by atoms with Crippen LogP contribution in [-0.2, 0) is 9.59 Å². The van der Waals surface area contributed by atoms with E-state index in [0.29, 0.717) is 23.5 Å². The first-order chi connectivity index (χ1) is 10.5. The van der Waals surface area contributed by atoms with Crippen LogP contribution in [0.3, 0.4) is 0 Å². The zero-order chi connectivity index (χ0) is 15.9. The number of hydrogen-bond donors (Lipinski definition) is 2. The van der Waals surface area contributed by atoms with Crippen LogP contribution in [0.1, 0.15) is 31.7 Å². The van der Waals surface area contributed by atoms with E-state index in [1.165, 1.54) is 24.6 Å². The molecule has 4 nitrogen and oxygen atoms in total. The number of nitrogens with one attached hydrogen (secondary N) is 2. The van der Waals surface area contributed by atoms with Crippen LogP contribution >= 0.6 is 11.8 Å². The molecule has 1 aliphatic carbocycles. The summed E-state index contributed by atoms with van der Waals surface area (Å²) >= 11 is 1.35. The second kappa shape index (κ2) is 8.22. The van der Waals surface area contributed by atoms with Gasteiger partial charge in [0.2, 0.25) is 11.8 Å². The summed E-state index contributed by atoms with van der Waals surface area (Å²) in [6.45, 7) is 4.19. The van der Waals surface area contributed by atoms with Crippen LogP contribution in [-0.4, -0.2) is 29.4 Å². The highest BCUT2D eigenvalue weighted by Crippen LogP contribution is 2.24. The Balaban J connectivity index is 1.64. The largest absolute Gasteiger partial charge is 0.352 e. The van der Waals surface area contributed by atoms with Crippen molar-refractivity contribution in [1.82, 2.24) is 5.32 Å². The Morgan fingerprint density at radius 2 is 1.82 bits per heavy atom. The molecule has 2 N–H and O–H groups in total. The smallest absolute Gasteiger partial charge is 0.234 e. The summed E-state index contributed by atoms with van der Waals surface area (Å²) in [5, 5.41) is 5.90. The molecular weight excluding hydrogens is 296 g/mol. The Morgan fingerprint density at radius 3 is 2.45 bits per heavy atom. The lowest BCUT2D eigenvalue weighted by atomic mass is 10.1. The van der Waals surface area contributed by atoms with Crippen molar-refractivity contribution < 1.29 is 9.59 Å². The Labute approximate surface area is 136 Å². The van der Waals surface area contributed by atoms with Gasteiger partial charge >= 0.3 is 0 Å². The molecule has 1 fully saturated rings. The molecule has 0 radical (unpaired) electrons. The van der Waals surface area contributed by atoms with Crippen LogP contribution in [0.4, 0.5) is 5.69 Å². The predicted molar refractivity (Wildman–Crippen MR) is 92.1 cm³/mol.